The number of piperazine rings is 1. The van der Waals surface area contributed by atoms with Crippen LogP contribution in [-0.4, -0.2) is 46.8 Å². The Kier molecular flexibility index (Phi) is 7.17. The number of benzene rings is 2. The molecule has 0 aliphatic carbocycles. The Hall–Kier alpha value is -3.07. The zero-order valence-corrected chi connectivity index (χ0v) is 19.1. The van der Waals surface area contributed by atoms with Crippen LogP contribution in [0, 0.1) is 10.1 Å². The van der Waals surface area contributed by atoms with Crippen molar-refractivity contribution in [2.45, 2.75) is 13.2 Å². The molecule has 10 heteroatoms. The van der Waals surface area contributed by atoms with E-state index in [-0.39, 0.29) is 24.0 Å². The van der Waals surface area contributed by atoms with Gasteiger partial charge in [0.2, 0.25) is 0 Å². The highest BCUT2D eigenvalue weighted by atomic mass is 35.5. The Bertz CT molecular complexity index is 1140. The molecular weight excluding hydrogens is 469 g/mol. The van der Waals surface area contributed by atoms with E-state index in [0.29, 0.717) is 41.2 Å². The number of hydrogen-bond donors (Lipinski definition) is 0. The van der Waals surface area contributed by atoms with Gasteiger partial charge in [-0.15, -0.1) is 0 Å². The minimum absolute atomic E-state index is 0.00964. The van der Waals surface area contributed by atoms with Gasteiger partial charge in [0, 0.05) is 54.9 Å². The van der Waals surface area contributed by atoms with Gasteiger partial charge in [-0.25, -0.2) is 0 Å². The summed E-state index contributed by atoms with van der Waals surface area (Å²) in [7, 11) is 0. The number of nitro groups is 1. The maximum absolute atomic E-state index is 12.8. The summed E-state index contributed by atoms with van der Waals surface area (Å²) in [5.74, 6) is 1.06. The van der Waals surface area contributed by atoms with Crippen molar-refractivity contribution < 1.29 is 18.9 Å². The summed E-state index contributed by atoms with van der Waals surface area (Å²) in [6.07, 6.45) is 0. The second kappa shape index (κ2) is 10.2. The van der Waals surface area contributed by atoms with Gasteiger partial charge in [0.05, 0.1) is 4.92 Å². The molecule has 1 amide bonds. The number of furan rings is 1. The van der Waals surface area contributed by atoms with E-state index in [1.54, 1.807) is 23.1 Å². The lowest BCUT2D eigenvalue weighted by atomic mass is 10.2. The van der Waals surface area contributed by atoms with Crippen LogP contribution in [0.25, 0.3) is 0 Å². The molecule has 172 valence electrons. The van der Waals surface area contributed by atoms with E-state index in [0.717, 1.165) is 18.7 Å². The molecule has 0 spiro atoms. The standard InChI is InChI=1S/C23H21Cl2N3O5/c24-17-2-1-16(21(25)13-17)14-26-9-11-27(12-10-26)23(29)22-8-7-20(33-22)15-32-19-5-3-18(4-6-19)28(30)31/h1-8,13H,9-12,14-15H2. The first kappa shape index (κ1) is 23.1. The number of carbonyl (C=O) groups is 1. The minimum Gasteiger partial charge on any atom is -0.486 e. The molecule has 1 saturated heterocycles. The van der Waals surface area contributed by atoms with Crippen molar-refractivity contribution in [3.8, 4) is 5.75 Å². The molecule has 3 aromatic rings. The summed E-state index contributed by atoms with van der Waals surface area (Å²) in [5, 5.41) is 12.0. The lowest BCUT2D eigenvalue weighted by Gasteiger charge is -2.34. The molecule has 0 radical (unpaired) electrons. The number of amides is 1. The third-order valence-electron chi connectivity index (χ3n) is 5.37. The molecule has 2 heterocycles. The molecule has 8 nitrogen and oxygen atoms in total. The number of non-ortho nitro benzene ring substituents is 1. The van der Waals surface area contributed by atoms with Gasteiger partial charge in [-0.3, -0.25) is 19.8 Å². The normalized spacial score (nSPS) is 14.3. The second-order valence-corrected chi connectivity index (χ2v) is 8.45. The van der Waals surface area contributed by atoms with E-state index >= 15 is 0 Å². The van der Waals surface area contributed by atoms with Crippen LogP contribution < -0.4 is 4.74 Å². The van der Waals surface area contributed by atoms with Gasteiger partial charge in [0.25, 0.3) is 11.6 Å². The summed E-state index contributed by atoms with van der Waals surface area (Å²) in [6, 6.07) is 14.6. The van der Waals surface area contributed by atoms with Gasteiger partial charge in [-0.1, -0.05) is 29.3 Å². The lowest BCUT2D eigenvalue weighted by Crippen LogP contribution is -2.48. The second-order valence-electron chi connectivity index (χ2n) is 7.61. The highest BCUT2D eigenvalue weighted by Crippen LogP contribution is 2.23. The van der Waals surface area contributed by atoms with Gasteiger partial charge in [0.15, 0.2) is 5.76 Å². The van der Waals surface area contributed by atoms with Gasteiger partial charge >= 0.3 is 0 Å². The van der Waals surface area contributed by atoms with Crippen LogP contribution in [0.5, 0.6) is 5.75 Å². The highest BCUT2D eigenvalue weighted by molar-refractivity contribution is 6.35. The van der Waals surface area contributed by atoms with Crippen LogP contribution in [0.4, 0.5) is 5.69 Å². The van der Waals surface area contributed by atoms with Crippen molar-refractivity contribution in [1.82, 2.24) is 9.80 Å². The van der Waals surface area contributed by atoms with Gasteiger partial charge in [-0.2, -0.15) is 0 Å². The van der Waals surface area contributed by atoms with Crippen LogP contribution in [0.2, 0.25) is 10.0 Å². The molecule has 2 aromatic carbocycles. The van der Waals surface area contributed by atoms with E-state index < -0.39 is 4.92 Å². The Morgan fingerprint density at radius 1 is 1.03 bits per heavy atom. The number of nitro benzene ring substituents is 1. The third-order valence-corrected chi connectivity index (χ3v) is 5.96. The first-order chi connectivity index (χ1) is 15.9. The fourth-order valence-electron chi connectivity index (χ4n) is 3.54. The van der Waals surface area contributed by atoms with Crippen molar-refractivity contribution in [3.05, 3.63) is 91.8 Å². The summed E-state index contributed by atoms with van der Waals surface area (Å²) < 4.78 is 11.2. The smallest absolute Gasteiger partial charge is 0.289 e. The fraction of sp³-hybridized carbons (Fsp3) is 0.261. The van der Waals surface area contributed by atoms with Gasteiger partial charge in [0.1, 0.15) is 18.1 Å². The van der Waals surface area contributed by atoms with Gasteiger partial charge in [-0.05, 0) is 42.0 Å². The molecule has 0 atom stereocenters. The third kappa shape index (κ3) is 5.84. The number of hydrogen-bond acceptors (Lipinski definition) is 6. The highest BCUT2D eigenvalue weighted by Gasteiger charge is 2.24. The first-order valence-electron chi connectivity index (χ1n) is 10.3. The summed E-state index contributed by atoms with van der Waals surface area (Å²) in [6.45, 7) is 3.42. The average molecular weight is 490 g/mol. The minimum atomic E-state index is -0.471. The van der Waals surface area contributed by atoms with Crippen molar-refractivity contribution >= 4 is 34.8 Å². The number of rotatable bonds is 7. The zero-order valence-electron chi connectivity index (χ0n) is 17.6. The molecule has 4 rings (SSSR count). The van der Waals surface area contributed by atoms with E-state index in [4.69, 9.17) is 32.4 Å². The summed E-state index contributed by atoms with van der Waals surface area (Å²) >= 11 is 12.2. The van der Waals surface area contributed by atoms with Crippen LogP contribution in [0.1, 0.15) is 21.9 Å². The number of nitrogens with zero attached hydrogens (tertiary/aromatic N) is 3. The predicted octanol–water partition coefficient (Wildman–Crippen LogP) is 5.03. The summed E-state index contributed by atoms with van der Waals surface area (Å²) in [4.78, 5) is 27.1. The maximum Gasteiger partial charge on any atom is 0.289 e. The fourth-order valence-corrected chi connectivity index (χ4v) is 4.01. The Balaban J connectivity index is 1.27. The van der Waals surface area contributed by atoms with Crippen molar-refractivity contribution in [3.63, 3.8) is 0 Å². The average Bonchev–Trinajstić information content (AvgIpc) is 3.29. The van der Waals surface area contributed by atoms with Crippen LogP contribution >= 0.6 is 23.2 Å². The van der Waals surface area contributed by atoms with E-state index in [9.17, 15) is 14.9 Å². The SMILES string of the molecule is O=C(c1ccc(COc2ccc([N+](=O)[O-])cc2)o1)N1CCN(Cc2ccc(Cl)cc2Cl)CC1. The Morgan fingerprint density at radius 3 is 2.42 bits per heavy atom. The van der Waals surface area contributed by atoms with Crippen molar-refractivity contribution in [2.24, 2.45) is 0 Å². The largest absolute Gasteiger partial charge is 0.486 e. The molecule has 0 saturated carbocycles. The van der Waals surface area contributed by atoms with Crippen LogP contribution in [0.15, 0.2) is 59.0 Å². The van der Waals surface area contributed by atoms with Crippen LogP contribution in [-0.2, 0) is 13.2 Å². The molecule has 33 heavy (non-hydrogen) atoms. The molecule has 1 aliphatic heterocycles. The first-order valence-corrected chi connectivity index (χ1v) is 11.1. The number of halogens is 2. The molecule has 1 aliphatic rings. The number of carbonyl (C=O) groups excluding carboxylic acids is 1. The molecule has 0 N–H and O–H groups in total. The van der Waals surface area contributed by atoms with Crippen molar-refractivity contribution in [2.75, 3.05) is 26.2 Å². The van der Waals surface area contributed by atoms with E-state index in [1.165, 1.54) is 24.3 Å². The van der Waals surface area contributed by atoms with Gasteiger partial charge < -0.3 is 14.1 Å². The topological polar surface area (TPSA) is 89.1 Å². The Morgan fingerprint density at radius 2 is 1.76 bits per heavy atom. The predicted molar refractivity (Wildman–Crippen MR) is 124 cm³/mol. The monoisotopic (exact) mass is 489 g/mol. The summed E-state index contributed by atoms with van der Waals surface area (Å²) in [5.41, 5.74) is 0.995. The molecule has 0 unspecified atom stereocenters. The van der Waals surface area contributed by atoms with Crippen LogP contribution in [0.3, 0.4) is 0 Å². The maximum atomic E-state index is 12.8. The quantitative estimate of drug-likeness (QED) is 0.341. The molecule has 1 aromatic heterocycles. The lowest BCUT2D eigenvalue weighted by molar-refractivity contribution is -0.384. The Labute approximate surface area is 200 Å². The van der Waals surface area contributed by atoms with E-state index in [1.807, 2.05) is 12.1 Å². The molecule has 0 bridgehead atoms. The van der Waals surface area contributed by atoms with Crippen molar-refractivity contribution in [1.29, 1.82) is 0 Å². The molecule has 1 fully saturated rings. The van der Waals surface area contributed by atoms with E-state index in [2.05, 4.69) is 4.90 Å². The molecular formula is C23H21Cl2N3O5. The number of ether oxygens (including phenoxy) is 1. The zero-order chi connectivity index (χ0) is 23.4.